The molecule has 2 aromatic carbocycles. The molecule has 6 nitrogen and oxygen atoms in total. The van der Waals surface area contributed by atoms with Crippen LogP contribution in [0.25, 0.3) is 0 Å². The number of nitrogens with zero attached hydrogens (tertiary/aromatic N) is 2. The summed E-state index contributed by atoms with van der Waals surface area (Å²) in [6.45, 7) is 0. The summed E-state index contributed by atoms with van der Waals surface area (Å²) in [4.78, 5) is 20.7. The summed E-state index contributed by atoms with van der Waals surface area (Å²) in [5, 5.41) is 33.8. The summed E-state index contributed by atoms with van der Waals surface area (Å²) in [6, 6.07) is 15.5. The van der Waals surface area contributed by atoms with E-state index in [0.29, 0.717) is 11.1 Å². The van der Waals surface area contributed by atoms with Crippen molar-refractivity contribution >= 4 is 11.9 Å². The predicted octanol–water partition coefficient (Wildman–Crippen LogP) is 2.51. The quantitative estimate of drug-likeness (QED) is 0.877. The number of hydrogen-bond acceptors (Lipinski definition) is 4. The summed E-state index contributed by atoms with van der Waals surface area (Å²) in [6.07, 6.45) is 0. The Morgan fingerprint density at radius 2 is 1.14 bits per heavy atom. The van der Waals surface area contributed by atoms with Gasteiger partial charge in [-0.15, -0.1) is 0 Å². The highest BCUT2D eigenvalue weighted by Crippen LogP contribution is 2.03. The van der Waals surface area contributed by atoms with Gasteiger partial charge in [0.15, 0.2) is 0 Å². The van der Waals surface area contributed by atoms with Crippen molar-refractivity contribution in [1.82, 2.24) is 0 Å². The van der Waals surface area contributed by atoms with Crippen LogP contribution in [0.15, 0.2) is 48.5 Å². The highest BCUT2D eigenvalue weighted by Gasteiger charge is 2.02. The van der Waals surface area contributed by atoms with Gasteiger partial charge in [-0.1, -0.05) is 12.1 Å². The molecule has 0 aromatic heterocycles. The van der Waals surface area contributed by atoms with E-state index in [0.717, 1.165) is 0 Å². The number of nitriles is 2. The van der Waals surface area contributed by atoms with Gasteiger partial charge in [-0.3, -0.25) is 0 Å². The van der Waals surface area contributed by atoms with Gasteiger partial charge in [-0.2, -0.15) is 10.5 Å². The molecule has 2 rings (SSSR count). The average molecular weight is 294 g/mol. The van der Waals surface area contributed by atoms with Crippen molar-refractivity contribution < 1.29 is 19.8 Å². The van der Waals surface area contributed by atoms with Crippen molar-refractivity contribution in [3.63, 3.8) is 0 Å². The van der Waals surface area contributed by atoms with Crippen LogP contribution >= 0.6 is 0 Å². The van der Waals surface area contributed by atoms with E-state index in [2.05, 4.69) is 0 Å². The number of aromatic carboxylic acids is 2. The van der Waals surface area contributed by atoms with Crippen LogP contribution in [0.3, 0.4) is 0 Å². The SMILES string of the molecule is N#Cc1cccc(C(=O)O)c1.N#Cc1cccc(C(=O)O)c1. The number of carboxylic acids is 2. The van der Waals surface area contributed by atoms with Gasteiger partial charge in [0.2, 0.25) is 0 Å². The molecule has 0 aliphatic heterocycles. The molecule has 0 atom stereocenters. The number of carboxylic acid groups (broad SMARTS) is 2. The van der Waals surface area contributed by atoms with E-state index < -0.39 is 11.9 Å². The smallest absolute Gasteiger partial charge is 0.335 e. The fourth-order valence-corrected chi connectivity index (χ4v) is 1.44. The van der Waals surface area contributed by atoms with E-state index in [9.17, 15) is 9.59 Å². The van der Waals surface area contributed by atoms with Crippen LogP contribution in [0.1, 0.15) is 31.8 Å². The molecule has 2 N–H and O–H groups in total. The summed E-state index contributed by atoms with van der Waals surface area (Å²) >= 11 is 0. The maximum absolute atomic E-state index is 10.4. The van der Waals surface area contributed by atoms with Gasteiger partial charge in [-0.05, 0) is 36.4 Å². The zero-order chi connectivity index (χ0) is 16.5. The Morgan fingerprint density at radius 1 is 0.773 bits per heavy atom. The molecule has 0 saturated carbocycles. The molecule has 0 spiro atoms. The molecule has 0 bridgehead atoms. The highest BCUT2D eigenvalue weighted by atomic mass is 16.4. The molecular formula is C16H10N2O4. The van der Waals surface area contributed by atoms with Crippen LogP contribution in [0.2, 0.25) is 0 Å². The minimum Gasteiger partial charge on any atom is -0.478 e. The first-order valence-corrected chi connectivity index (χ1v) is 5.95. The lowest BCUT2D eigenvalue weighted by atomic mass is 10.1. The third-order valence-corrected chi connectivity index (χ3v) is 2.48. The highest BCUT2D eigenvalue weighted by molar-refractivity contribution is 5.88. The van der Waals surface area contributed by atoms with E-state index in [1.54, 1.807) is 24.3 Å². The molecule has 0 amide bonds. The molecular weight excluding hydrogens is 284 g/mol. The van der Waals surface area contributed by atoms with Gasteiger partial charge in [-0.25, -0.2) is 9.59 Å². The molecule has 2 aromatic rings. The van der Waals surface area contributed by atoms with E-state index in [1.165, 1.54) is 24.3 Å². The van der Waals surface area contributed by atoms with E-state index >= 15 is 0 Å². The van der Waals surface area contributed by atoms with E-state index in [1.807, 2.05) is 12.1 Å². The largest absolute Gasteiger partial charge is 0.478 e. The van der Waals surface area contributed by atoms with Crippen molar-refractivity contribution in [1.29, 1.82) is 10.5 Å². The van der Waals surface area contributed by atoms with Gasteiger partial charge >= 0.3 is 11.9 Å². The molecule has 0 aliphatic rings. The standard InChI is InChI=1S/2C8H5NO2/c2*9-5-6-2-1-3-7(4-6)8(10)11/h2*1-4H,(H,10,11). The first-order chi connectivity index (χ1) is 10.5. The second-order valence-electron chi connectivity index (χ2n) is 4.00. The number of rotatable bonds is 2. The lowest BCUT2D eigenvalue weighted by Gasteiger charge is -1.91. The van der Waals surface area contributed by atoms with Crippen LogP contribution < -0.4 is 0 Å². The van der Waals surface area contributed by atoms with Crippen LogP contribution in [0.5, 0.6) is 0 Å². The minimum absolute atomic E-state index is 0.143. The van der Waals surface area contributed by atoms with Gasteiger partial charge < -0.3 is 10.2 Å². The normalized spacial score (nSPS) is 8.64. The van der Waals surface area contributed by atoms with Crippen molar-refractivity contribution in [2.75, 3.05) is 0 Å². The van der Waals surface area contributed by atoms with E-state index in [-0.39, 0.29) is 11.1 Å². The maximum Gasteiger partial charge on any atom is 0.335 e. The van der Waals surface area contributed by atoms with Crippen molar-refractivity contribution in [3.8, 4) is 12.1 Å². The number of benzene rings is 2. The Labute approximate surface area is 126 Å². The Hall–Kier alpha value is -3.64. The molecule has 0 saturated heterocycles. The Bertz CT molecular complexity index is 718. The summed E-state index contributed by atoms with van der Waals surface area (Å²) in [5.74, 6) is -2.02. The van der Waals surface area contributed by atoms with Gasteiger partial charge in [0.05, 0.1) is 34.4 Å². The van der Waals surface area contributed by atoms with Crippen molar-refractivity contribution in [2.45, 2.75) is 0 Å². The molecule has 0 heterocycles. The molecule has 0 radical (unpaired) electrons. The van der Waals surface area contributed by atoms with Crippen LogP contribution in [0, 0.1) is 22.7 Å². The average Bonchev–Trinajstić information content (AvgIpc) is 2.55. The molecule has 108 valence electrons. The third-order valence-electron chi connectivity index (χ3n) is 2.48. The first-order valence-electron chi connectivity index (χ1n) is 5.95. The minimum atomic E-state index is -1.01. The fraction of sp³-hybridized carbons (Fsp3) is 0. The Kier molecular flexibility index (Phi) is 5.84. The zero-order valence-corrected chi connectivity index (χ0v) is 11.2. The number of carbonyl (C=O) groups is 2. The van der Waals surface area contributed by atoms with Crippen molar-refractivity contribution in [2.24, 2.45) is 0 Å². The molecule has 22 heavy (non-hydrogen) atoms. The lowest BCUT2D eigenvalue weighted by Crippen LogP contribution is -1.95. The summed E-state index contributed by atoms with van der Waals surface area (Å²) in [5.41, 5.74) is 1.02. The molecule has 0 unspecified atom stereocenters. The first kappa shape index (κ1) is 16.4. The van der Waals surface area contributed by atoms with Gasteiger partial charge in [0, 0.05) is 0 Å². The van der Waals surface area contributed by atoms with Gasteiger partial charge in [0.1, 0.15) is 0 Å². The predicted molar refractivity (Wildman–Crippen MR) is 76.2 cm³/mol. The van der Waals surface area contributed by atoms with Crippen molar-refractivity contribution in [3.05, 3.63) is 70.8 Å². The topological polar surface area (TPSA) is 122 Å². The monoisotopic (exact) mass is 294 g/mol. The van der Waals surface area contributed by atoms with Gasteiger partial charge in [0.25, 0.3) is 0 Å². The van der Waals surface area contributed by atoms with E-state index in [4.69, 9.17) is 20.7 Å². The second-order valence-corrected chi connectivity index (χ2v) is 4.00. The third kappa shape index (κ3) is 4.80. The zero-order valence-electron chi connectivity index (χ0n) is 11.2. The summed E-state index contributed by atoms with van der Waals surface area (Å²) < 4.78 is 0. The summed E-state index contributed by atoms with van der Waals surface area (Å²) in [7, 11) is 0. The molecule has 0 fully saturated rings. The van der Waals surface area contributed by atoms with Crippen LogP contribution in [-0.2, 0) is 0 Å². The fourth-order valence-electron chi connectivity index (χ4n) is 1.44. The van der Waals surface area contributed by atoms with Crippen LogP contribution in [0.4, 0.5) is 0 Å². The second kappa shape index (κ2) is 7.83. The lowest BCUT2D eigenvalue weighted by molar-refractivity contribution is 0.0686. The Balaban J connectivity index is 0.000000220. The molecule has 0 aliphatic carbocycles. The van der Waals surface area contributed by atoms with Crippen LogP contribution in [-0.4, -0.2) is 22.2 Å². The maximum atomic E-state index is 10.4. The Morgan fingerprint density at radius 3 is 1.41 bits per heavy atom. The number of hydrogen-bond donors (Lipinski definition) is 2. The molecule has 6 heteroatoms.